The molecule has 0 fully saturated rings. The molecule has 1 aliphatic rings. The van der Waals surface area contributed by atoms with Gasteiger partial charge in [0.15, 0.2) is 5.71 Å². The zero-order chi connectivity index (χ0) is 21.7. The van der Waals surface area contributed by atoms with E-state index in [-0.39, 0.29) is 35.0 Å². The first-order valence-electron chi connectivity index (χ1n) is 8.91. The fourth-order valence-corrected chi connectivity index (χ4v) is 3.29. The van der Waals surface area contributed by atoms with Gasteiger partial charge in [0.1, 0.15) is 11.3 Å². The van der Waals surface area contributed by atoms with Crippen LogP contribution in [0.2, 0.25) is 0 Å². The van der Waals surface area contributed by atoms with Gasteiger partial charge < -0.3 is 10.1 Å². The maximum Gasteiger partial charge on any atom is 0.342 e. The van der Waals surface area contributed by atoms with Crippen LogP contribution in [0.4, 0.5) is 11.4 Å². The van der Waals surface area contributed by atoms with Crippen molar-refractivity contribution in [3.05, 3.63) is 75.3 Å². The number of alkyl halides is 1. The van der Waals surface area contributed by atoms with E-state index in [4.69, 9.17) is 4.74 Å². The second-order valence-electron chi connectivity index (χ2n) is 6.11. The summed E-state index contributed by atoms with van der Waals surface area (Å²) in [6, 6.07) is 13.5. The first-order valence-corrected chi connectivity index (χ1v) is 10.4. The van der Waals surface area contributed by atoms with Crippen LogP contribution in [0.3, 0.4) is 0 Å². The summed E-state index contributed by atoms with van der Waals surface area (Å²) in [4.78, 5) is 36.0. The van der Waals surface area contributed by atoms with Gasteiger partial charge in [0, 0.05) is 10.5 Å². The third kappa shape index (κ3) is 4.48. The molecule has 2 aromatic rings. The average Bonchev–Trinajstić information content (AvgIpc) is 3.09. The van der Waals surface area contributed by atoms with Crippen LogP contribution in [0.5, 0.6) is 0 Å². The largest absolute Gasteiger partial charge is 0.462 e. The molecule has 0 saturated heterocycles. The summed E-state index contributed by atoms with van der Waals surface area (Å²) in [6.45, 7) is 1.76. The van der Waals surface area contributed by atoms with E-state index in [1.54, 1.807) is 43.3 Å². The molecule has 9 nitrogen and oxygen atoms in total. The Morgan fingerprint density at radius 1 is 1.27 bits per heavy atom. The van der Waals surface area contributed by atoms with E-state index in [1.165, 1.54) is 12.1 Å². The number of hydrazone groups is 1. The fraction of sp³-hybridized carbons (Fsp3) is 0.150. The molecular formula is C20H17IN4O5. The summed E-state index contributed by atoms with van der Waals surface area (Å²) in [6.07, 6.45) is 0. The van der Waals surface area contributed by atoms with Crippen molar-refractivity contribution in [2.45, 2.75) is 11.4 Å². The van der Waals surface area contributed by atoms with Crippen LogP contribution in [0.15, 0.2) is 59.2 Å². The molecule has 0 aromatic heterocycles. The third-order valence-electron chi connectivity index (χ3n) is 4.18. The van der Waals surface area contributed by atoms with Crippen LogP contribution in [0.25, 0.3) is 5.70 Å². The molecule has 1 amide bonds. The second kappa shape index (κ2) is 9.48. The highest BCUT2D eigenvalue weighted by Gasteiger charge is 2.36. The molecule has 2 aromatic carbocycles. The normalized spacial score (nSPS) is 14.6. The number of ether oxygens (including phenoxy) is 1. The molecule has 0 radical (unpaired) electrons. The average molecular weight is 520 g/mol. The van der Waals surface area contributed by atoms with Gasteiger partial charge >= 0.3 is 5.97 Å². The maximum absolute atomic E-state index is 12.6. The number of anilines is 1. The van der Waals surface area contributed by atoms with Crippen molar-refractivity contribution >= 4 is 57.3 Å². The third-order valence-corrected chi connectivity index (χ3v) is 5.06. The summed E-state index contributed by atoms with van der Waals surface area (Å²) < 4.78 is 5.70. The maximum atomic E-state index is 12.6. The quantitative estimate of drug-likeness (QED) is 0.190. The standard InChI is InChI=1S/C20H17IN4O5/c1-2-30-20(27)16-17(13-6-4-3-5-7-13)22-19(26)18(16)24-23-14-9-8-12(11-21)10-15(14)25(28)29/h3-10,23H,2,11H2,1H3,(H,22,24,26). The van der Waals surface area contributed by atoms with Gasteiger partial charge in [0.25, 0.3) is 11.6 Å². The number of rotatable bonds is 7. The van der Waals surface area contributed by atoms with Crippen LogP contribution >= 0.6 is 22.6 Å². The van der Waals surface area contributed by atoms with Gasteiger partial charge in [0.05, 0.1) is 17.2 Å². The molecule has 1 heterocycles. The van der Waals surface area contributed by atoms with Gasteiger partial charge in [-0.1, -0.05) is 59.0 Å². The Labute approximate surface area is 185 Å². The monoisotopic (exact) mass is 520 g/mol. The number of nitro groups is 1. The van der Waals surface area contributed by atoms with E-state index in [1.807, 2.05) is 0 Å². The number of halogens is 1. The molecule has 0 aliphatic carbocycles. The van der Waals surface area contributed by atoms with Crippen LogP contribution in [-0.2, 0) is 18.8 Å². The number of hydrogen-bond acceptors (Lipinski definition) is 7. The Morgan fingerprint density at radius 2 is 2.00 bits per heavy atom. The first kappa shape index (κ1) is 21.4. The van der Waals surface area contributed by atoms with Gasteiger partial charge in [-0.3, -0.25) is 20.3 Å². The number of benzene rings is 2. The predicted octanol–water partition coefficient (Wildman–Crippen LogP) is 3.40. The molecule has 0 unspecified atom stereocenters. The number of hydrogen-bond donors (Lipinski definition) is 2. The second-order valence-corrected chi connectivity index (χ2v) is 6.87. The molecule has 2 N–H and O–H groups in total. The summed E-state index contributed by atoms with van der Waals surface area (Å²) in [7, 11) is 0. The minimum absolute atomic E-state index is 0.0351. The zero-order valence-electron chi connectivity index (χ0n) is 15.8. The van der Waals surface area contributed by atoms with E-state index >= 15 is 0 Å². The topological polar surface area (TPSA) is 123 Å². The molecule has 154 valence electrons. The van der Waals surface area contributed by atoms with Crippen molar-refractivity contribution in [3.8, 4) is 0 Å². The highest BCUT2D eigenvalue weighted by atomic mass is 127. The molecule has 1 aliphatic heterocycles. The number of nitrogens with zero attached hydrogens (tertiary/aromatic N) is 2. The molecular weight excluding hydrogens is 503 g/mol. The molecule has 0 spiro atoms. The number of amides is 1. The summed E-state index contributed by atoms with van der Waals surface area (Å²) in [5.74, 6) is -1.33. The van der Waals surface area contributed by atoms with Gasteiger partial charge in [-0.2, -0.15) is 5.10 Å². The highest BCUT2D eigenvalue weighted by Crippen LogP contribution is 2.28. The Balaban J connectivity index is 2.04. The predicted molar refractivity (Wildman–Crippen MR) is 120 cm³/mol. The smallest absolute Gasteiger partial charge is 0.342 e. The first-order chi connectivity index (χ1) is 14.5. The molecule has 30 heavy (non-hydrogen) atoms. The van der Waals surface area contributed by atoms with E-state index in [2.05, 4.69) is 38.4 Å². The number of carbonyl (C=O) groups is 2. The highest BCUT2D eigenvalue weighted by molar-refractivity contribution is 14.1. The molecule has 0 bridgehead atoms. The van der Waals surface area contributed by atoms with Gasteiger partial charge in [-0.05, 0) is 24.1 Å². The minimum atomic E-state index is -0.718. The lowest BCUT2D eigenvalue weighted by atomic mass is 10.1. The molecule has 0 atom stereocenters. The van der Waals surface area contributed by atoms with Crippen LogP contribution in [0, 0.1) is 10.1 Å². The SMILES string of the molecule is CCOC(=O)C1=C(c2ccccc2)NC(=O)/C1=N\Nc1ccc(CI)cc1[N+](=O)[O-]. The van der Waals surface area contributed by atoms with Crippen LogP contribution in [-0.4, -0.2) is 29.1 Å². The Kier molecular flexibility index (Phi) is 6.77. The Bertz CT molecular complexity index is 1070. The Morgan fingerprint density at radius 3 is 2.63 bits per heavy atom. The molecule has 10 heteroatoms. The van der Waals surface area contributed by atoms with Gasteiger partial charge in [0.2, 0.25) is 0 Å². The minimum Gasteiger partial charge on any atom is -0.462 e. The van der Waals surface area contributed by atoms with Crippen molar-refractivity contribution in [1.29, 1.82) is 0 Å². The van der Waals surface area contributed by atoms with Crippen molar-refractivity contribution in [2.24, 2.45) is 5.10 Å². The zero-order valence-corrected chi connectivity index (χ0v) is 18.0. The van der Waals surface area contributed by atoms with E-state index in [9.17, 15) is 19.7 Å². The van der Waals surface area contributed by atoms with Crippen LogP contribution < -0.4 is 10.7 Å². The summed E-state index contributed by atoms with van der Waals surface area (Å²) in [5.41, 5.74) is 3.89. The van der Waals surface area contributed by atoms with Crippen molar-refractivity contribution < 1.29 is 19.2 Å². The number of nitrogens with one attached hydrogen (secondary N) is 2. The molecule has 0 saturated carbocycles. The van der Waals surface area contributed by atoms with Crippen molar-refractivity contribution in [3.63, 3.8) is 0 Å². The number of esters is 1. The number of carbonyl (C=O) groups excluding carboxylic acids is 2. The fourth-order valence-electron chi connectivity index (χ4n) is 2.82. The lowest BCUT2D eigenvalue weighted by Crippen LogP contribution is -2.24. The van der Waals surface area contributed by atoms with E-state index in [0.29, 0.717) is 9.99 Å². The summed E-state index contributed by atoms with van der Waals surface area (Å²) >= 11 is 2.10. The van der Waals surface area contributed by atoms with Crippen molar-refractivity contribution in [1.82, 2.24) is 5.32 Å². The Hall–Kier alpha value is -3.28. The van der Waals surface area contributed by atoms with Crippen molar-refractivity contribution in [2.75, 3.05) is 12.0 Å². The summed E-state index contributed by atoms with van der Waals surface area (Å²) in [5, 5.41) is 18.1. The van der Waals surface area contributed by atoms with E-state index < -0.39 is 16.8 Å². The van der Waals surface area contributed by atoms with Crippen LogP contribution in [0.1, 0.15) is 18.1 Å². The molecule has 3 rings (SSSR count). The lowest BCUT2D eigenvalue weighted by Gasteiger charge is -2.07. The lowest BCUT2D eigenvalue weighted by molar-refractivity contribution is -0.384. The number of nitro benzene ring substituents is 1. The van der Waals surface area contributed by atoms with E-state index in [0.717, 1.165) is 5.56 Å². The van der Waals surface area contributed by atoms with Gasteiger partial charge in [-0.25, -0.2) is 4.79 Å². The van der Waals surface area contributed by atoms with Gasteiger partial charge in [-0.15, -0.1) is 0 Å².